The van der Waals surface area contributed by atoms with Crippen LogP contribution in [-0.2, 0) is 0 Å². The predicted molar refractivity (Wildman–Crippen MR) is 54.0 cm³/mol. The van der Waals surface area contributed by atoms with Gasteiger partial charge in [0.1, 0.15) is 0 Å². The van der Waals surface area contributed by atoms with Gasteiger partial charge >= 0.3 is 0 Å². The maximum Gasteiger partial charge on any atom is 0.0853 e. The summed E-state index contributed by atoms with van der Waals surface area (Å²) >= 11 is 0. The Bertz CT molecular complexity index is 280. The molecule has 0 saturated heterocycles. The van der Waals surface area contributed by atoms with Crippen LogP contribution in [0.2, 0.25) is 0 Å². The Hall–Kier alpha value is -1.18. The molecule has 1 aliphatic rings. The highest BCUT2D eigenvalue weighted by atomic mass is 14.8. The minimum Gasteiger partial charge on any atom is -0.286 e. The Labute approximate surface area is 73.4 Å². The number of hydrogen-bond donors (Lipinski definition) is 0. The first-order chi connectivity index (χ1) is 5.79. The van der Waals surface area contributed by atoms with Crippen LogP contribution in [0.1, 0.15) is 20.3 Å². The Balaban J connectivity index is 3.01. The van der Waals surface area contributed by atoms with Crippen LogP contribution in [-0.4, -0.2) is 19.0 Å². The van der Waals surface area contributed by atoms with Gasteiger partial charge in [0.2, 0.25) is 0 Å². The molecule has 0 fully saturated rings. The zero-order chi connectivity index (χ0) is 8.97. The van der Waals surface area contributed by atoms with Crippen molar-refractivity contribution in [2.75, 3.05) is 7.05 Å². The van der Waals surface area contributed by atoms with E-state index in [9.17, 15) is 0 Å². The van der Waals surface area contributed by atoms with E-state index in [1.807, 2.05) is 12.3 Å². The minimum atomic E-state index is 0.999. The lowest BCUT2D eigenvalue weighted by Gasteiger charge is -2.09. The molecule has 0 bridgehead atoms. The van der Waals surface area contributed by atoms with Crippen molar-refractivity contribution in [3.8, 4) is 0 Å². The number of dihydropyridines is 1. The summed E-state index contributed by atoms with van der Waals surface area (Å²) in [6.07, 6.45) is 6.90. The van der Waals surface area contributed by atoms with Crippen LogP contribution in [0.5, 0.6) is 0 Å². The third-order valence-electron chi connectivity index (χ3n) is 1.78. The number of rotatable bonds is 1. The maximum absolute atomic E-state index is 4.25. The molecule has 0 spiro atoms. The molecule has 0 saturated carbocycles. The Morgan fingerprint density at radius 1 is 1.58 bits per heavy atom. The Kier molecular flexibility index (Phi) is 2.97. The van der Waals surface area contributed by atoms with E-state index in [0.29, 0.717) is 0 Å². The van der Waals surface area contributed by atoms with E-state index in [-0.39, 0.29) is 0 Å². The van der Waals surface area contributed by atoms with Crippen molar-refractivity contribution in [2.45, 2.75) is 20.3 Å². The van der Waals surface area contributed by atoms with Gasteiger partial charge in [-0.05, 0) is 25.0 Å². The van der Waals surface area contributed by atoms with Crippen molar-refractivity contribution in [1.29, 1.82) is 0 Å². The fourth-order valence-electron chi connectivity index (χ4n) is 1.21. The van der Waals surface area contributed by atoms with E-state index in [1.165, 1.54) is 5.57 Å². The third-order valence-corrected chi connectivity index (χ3v) is 1.78. The fraction of sp³-hybridized carbons (Fsp3) is 0.400. The molecule has 64 valence electrons. The molecule has 2 nitrogen and oxygen atoms in total. The van der Waals surface area contributed by atoms with Crippen molar-refractivity contribution >= 4 is 11.9 Å². The monoisotopic (exact) mass is 162 g/mol. The molecule has 0 aromatic rings. The summed E-state index contributed by atoms with van der Waals surface area (Å²) in [6.45, 7) is 4.15. The van der Waals surface area contributed by atoms with Gasteiger partial charge in [-0.2, -0.15) is 0 Å². The quantitative estimate of drug-likeness (QED) is 0.565. The van der Waals surface area contributed by atoms with E-state index in [2.05, 4.69) is 29.9 Å². The number of nitrogens with zero attached hydrogens (tertiary/aromatic N) is 2. The van der Waals surface area contributed by atoms with Gasteiger partial charge in [0.25, 0.3) is 0 Å². The molecule has 0 radical (unpaired) electrons. The van der Waals surface area contributed by atoms with Gasteiger partial charge in [0, 0.05) is 13.3 Å². The van der Waals surface area contributed by atoms with Gasteiger partial charge in [-0.1, -0.05) is 13.0 Å². The van der Waals surface area contributed by atoms with E-state index in [4.69, 9.17) is 0 Å². The predicted octanol–water partition coefficient (Wildman–Crippen LogP) is 2.38. The van der Waals surface area contributed by atoms with E-state index in [0.717, 1.165) is 17.8 Å². The van der Waals surface area contributed by atoms with Gasteiger partial charge in [0.15, 0.2) is 0 Å². The van der Waals surface area contributed by atoms with Gasteiger partial charge < -0.3 is 0 Å². The summed E-state index contributed by atoms with van der Waals surface area (Å²) in [5, 5.41) is 0. The van der Waals surface area contributed by atoms with Crippen LogP contribution >= 0.6 is 0 Å². The van der Waals surface area contributed by atoms with Crippen molar-refractivity contribution in [3.63, 3.8) is 0 Å². The molecule has 0 aromatic heterocycles. The highest BCUT2D eigenvalue weighted by Gasteiger charge is 2.08. The van der Waals surface area contributed by atoms with Crippen LogP contribution in [0.25, 0.3) is 0 Å². The number of aliphatic imine (C=N–C) groups is 2. The minimum absolute atomic E-state index is 0.999. The van der Waals surface area contributed by atoms with Crippen molar-refractivity contribution in [2.24, 2.45) is 9.98 Å². The maximum atomic E-state index is 4.25. The average Bonchev–Trinajstić information content (AvgIpc) is 2.05. The number of hydrogen-bond acceptors (Lipinski definition) is 2. The van der Waals surface area contributed by atoms with E-state index < -0.39 is 0 Å². The molecule has 1 heterocycles. The fourth-order valence-corrected chi connectivity index (χ4v) is 1.21. The molecule has 12 heavy (non-hydrogen) atoms. The molecule has 0 aromatic carbocycles. The van der Waals surface area contributed by atoms with Crippen LogP contribution in [0.4, 0.5) is 0 Å². The van der Waals surface area contributed by atoms with Gasteiger partial charge in [-0.3, -0.25) is 9.98 Å². The summed E-state index contributed by atoms with van der Waals surface area (Å²) in [6, 6.07) is 0. The molecular weight excluding hydrogens is 148 g/mol. The lowest BCUT2D eigenvalue weighted by atomic mass is 10.1. The van der Waals surface area contributed by atoms with Crippen LogP contribution in [0.15, 0.2) is 33.4 Å². The Morgan fingerprint density at radius 2 is 2.33 bits per heavy atom. The van der Waals surface area contributed by atoms with Crippen molar-refractivity contribution in [1.82, 2.24) is 0 Å². The zero-order valence-corrected chi connectivity index (χ0v) is 7.83. The molecule has 0 amide bonds. The molecule has 1 rings (SSSR count). The summed E-state index contributed by atoms with van der Waals surface area (Å²) < 4.78 is 0. The first-order valence-corrected chi connectivity index (χ1v) is 4.18. The van der Waals surface area contributed by atoms with E-state index in [1.54, 1.807) is 7.05 Å². The standard InChI is InChI=1S/C10H14N2/c1-4-5-9-10(11-3)8(2)6-7-12-9/h5-7H,4H2,1-3H3/b9-5+,11-10?. The molecule has 0 atom stereocenters. The lowest BCUT2D eigenvalue weighted by molar-refractivity contribution is 1.19. The number of allylic oxidation sites excluding steroid dienone is 3. The molecular formula is C10H14N2. The van der Waals surface area contributed by atoms with Crippen molar-refractivity contribution in [3.05, 3.63) is 23.4 Å². The second-order valence-corrected chi connectivity index (χ2v) is 2.70. The van der Waals surface area contributed by atoms with E-state index >= 15 is 0 Å². The molecule has 0 aliphatic carbocycles. The normalized spacial score (nSPS) is 23.4. The highest BCUT2D eigenvalue weighted by Crippen LogP contribution is 2.13. The molecule has 0 unspecified atom stereocenters. The molecule has 2 heteroatoms. The zero-order valence-electron chi connectivity index (χ0n) is 7.83. The average molecular weight is 162 g/mol. The van der Waals surface area contributed by atoms with Crippen LogP contribution < -0.4 is 0 Å². The topological polar surface area (TPSA) is 24.7 Å². The summed E-state index contributed by atoms with van der Waals surface area (Å²) in [4.78, 5) is 8.45. The van der Waals surface area contributed by atoms with Gasteiger partial charge in [0.05, 0.1) is 11.4 Å². The highest BCUT2D eigenvalue weighted by molar-refractivity contribution is 6.16. The lowest BCUT2D eigenvalue weighted by Crippen LogP contribution is -2.07. The second kappa shape index (κ2) is 4.00. The van der Waals surface area contributed by atoms with Crippen LogP contribution in [0.3, 0.4) is 0 Å². The summed E-state index contributed by atoms with van der Waals surface area (Å²) in [5.74, 6) is 0. The third kappa shape index (κ3) is 1.70. The first kappa shape index (κ1) is 8.91. The second-order valence-electron chi connectivity index (χ2n) is 2.70. The molecule has 0 N–H and O–H groups in total. The van der Waals surface area contributed by atoms with Crippen molar-refractivity contribution < 1.29 is 0 Å². The van der Waals surface area contributed by atoms with Crippen LogP contribution in [0, 0.1) is 0 Å². The smallest absolute Gasteiger partial charge is 0.0853 e. The van der Waals surface area contributed by atoms with Gasteiger partial charge in [-0.25, -0.2) is 0 Å². The summed E-state index contributed by atoms with van der Waals surface area (Å²) in [7, 11) is 1.80. The first-order valence-electron chi connectivity index (χ1n) is 4.18. The SMILES string of the molecule is CC/C=C1/N=CC=C(C)C1=NC. The Morgan fingerprint density at radius 3 is 2.92 bits per heavy atom. The summed E-state index contributed by atoms with van der Waals surface area (Å²) in [5.41, 5.74) is 3.20. The van der Waals surface area contributed by atoms with Gasteiger partial charge in [-0.15, -0.1) is 0 Å². The largest absolute Gasteiger partial charge is 0.286 e. The molecule has 1 aliphatic heterocycles.